The fraction of sp³-hybridized carbons (Fsp3) is 0.310. The standard InChI is InChI=1S/C29H30F4N7O4P/c1-4-43-45-16-17-6-7-23(25(10-17)42-3)38-28-35-14-21(29(31,32)33)26(39-28)37-24-12-22(30)19(11-20(24)27(41)34-2)18-13-36-40(15-18)8-5-9-44-45/h6-7,10-15H,4-5,8-9,16H2,1-3H3,(H,34,41)(H2,35,37,38,39). The molecule has 0 fully saturated rings. The summed E-state index contributed by atoms with van der Waals surface area (Å²) in [5.74, 6) is -1.96. The molecule has 0 saturated heterocycles. The number of carbonyl (C=O) groups excluding carboxylic acids is 1. The average molecular weight is 648 g/mol. The summed E-state index contributed by atoms with van der Waals surface area (Å²) in [6.07, 6.45) is -0.140. The monoisotopic (exact) mass is 647 g/mol. The van der Waals surface area contributed by atoms with E-state index in [9.17, 15) is 18.0 Å². The Kier molecular flexibility index (Phi) is 9.80. The summed E-state index contributed by atoms with van der Waals surface area (Å²) in [5.41, 5.74) is 0.103. The third kappa shape index (κ3) is 7.49. The molecule has 11 nitrogen and oxygen atoms in total. The molecule has 0 saturated carbocycles. The SMILES string of the molecule is CCOP1Cc2ccc(c(OC)c2)Nc2ncc(C(F)(F)F)c(n2)Nc2cc(F)c(cc2C(=O)NC)-c2cnn(c2)CCCO1. The minimum absolute atomic E-state index is 0.0415. The van der Waals surface area contributed by atoms with Gasteiger partial charge in [0, 0.05) is 43.3 Å². The summed E-state index contributed by atoms with van der Waals surface area (Å²) >= 11 is 0. The quantitative estimate of drug-likeness (QED) is 0.166. The van der Waals surface area contributed by atoms with Crippen LogP contribution in [0.25, 0.3) is 11.1 Å². The average Bonchev–Trinajstić information content (AvgIpc) is 3.47. The highest BCUT2D eigenvalue weighted by atomic mass is 31.2. The Morgan fingerprint density at radius 3 is 2.73 bits per heavy atom. The number of ether oxygens (including phenoxy) is 1. The molecule has 4 aliphatic heterocycles. The Morgan fingerprint density at radius 1 is 1.18 bits per heavy atom. The number of aryl methyl sites for hydroxylation is 1. The second-order valence-corrected chi connectivity index (χ2v) is 11.3. The molecule has 16 heteroatoms. The van der Waals surface area contributed by atoms with Gasteiger partial charge >= 0.3 is 6.18 Å². The maximum Gasteiger partial charge on any atom is 0.421 e. The molecule has 8 rings (SSSR count). The molecule has 45 heavy (non-hydrogen) atoms. The molecule has 4 aliphatic rings. The van der Waals surface area contributed by atoms with Crippen LogP contribution in [0, 0.1) is 5.82 Å². The van der Waals surface area contributed by atoms with Crippen LogP contribution in [0.3, 0.4) is 0 Å². The van der Waals surface area contributed by atoms with Gasteiger partial charge in [-0.2, -0.15) is 23.3 Å². The number of halogens is 4. The number of anilines is 4. The number of amides is 1. The second-order valence-electron chi connectivity index (χ2n) is 9.78. The van der Waals surface area contributed by atoms with E-state index < -0.39 is 37.7 Å². The van der Waals surface area contributed by atoms with Gasteiger partial charge in [-0.05, 0) is 43.2 Å². The zero-order valence-corrected chi connectivity index (χ0v) is 25.4. The van der Waals surface area contributed by atoms with E-state index in [0.29, 0.717) is 55.5 Å². The lowest BCUT2D eigenvalue weighted by Crippen LogP contribution is -2.20. The van der Waals surface area contributed by atoms with Crippen molar-refractivity contribution >= 4 is 37.4 Å². The molecule has 8 bridgehead atoms. The molecule has 1 amide bonds. The van der Waals surface area contributed by atoms with E-state index in [1.54, 1.807) is 23.0 Å². The van der Waals surface area contributed by atoms with Gasteiger partial charge in [0.15, 0.2) is 8.38 Å². The van der Waals surface area contributed by atoms with Crippen molar-refractivity contribution in [3.05, 3.63) is 71.4 Å². The first kappa shape index (κ1) is 32.1. The van der Waals surface area contributed by atoms with Crippen LogP contribution in [0.5, 0.6) is 5.75 Å². The van der Waals surface area contributed by atoms with Crippen molar-refractivity contribution in [1.29, 1.82) is 0 Å². The molecular formula is C29H30F4N7O4P. The lowest BCUT2D eigenvalue weighted by atomic mass is 10.0. The number of alkyl halides is 3. The minimum atomic E-state index is -4.87. The number of aromatic nitrogens is 4. The smallest absolute Gasteiger partial charge is 0.421 e. The molecule has 0 aliphatic carbocycles. The van der Waals surface area contributed by atoms with Crippen molar-refractivity contribution in [3.8, 4) is 16.9 Å². The van der Waals surface area contributed by atoms with Crippen molar-refractivity contribution < 1.29 is 36.1 Å². The van der Waals surface area contributed by atoms with Gasteiger partial charge in [-0.25, -0.2) is 9.37 Å². The molecule has 6 heterocycles. The summed E-state index contributed by atoms with van der Waals surface area (Å²) in [7, 11) is 1.52. The van der Waals surface area contributed by atoms with E-state index in [2.05, 4.69) is 31.0 Å². The summed E-state index contributed by atoms with van der Waals surface area (Å²) < 4.78 is 76.7. The molecule has 4 aromatic rings. The van der Waals surface area contributed by atoms with Crippen LogP contribution in [0.1, 0.15) is 34.8 Å². The topological polar surface area (TPSA) is 124 Å². The van der Waals surface area contributed by atoms with Crippen molar-refractivity contribution in [3.63, 3.8) is 0 Å². The van der Waals surface area contributed by atoms with Gasteiger partial charge in [-0.3, -0.25) is 9.48 Å². The first-order valence-corrected chi connectivity index (χ1v) is 15.2. The summed E-state index contributed by atoms with van der Waals surface area (Å²) in [5, 5.41) is 12.2. The Hall–Kier alpha value is -4.33. The van der Waals surface area contributed by atoms with Crippen LogP contribution >= 0.6 is 8.38 Å². The Balaban J connectivity index is 1.63. The lowest BCUT2D eigenvalue weighted by Gasteiger charge is -2.19. The van der Waals surface area contributed by atoms with Gasteiger partial charge in [0.25, 0.3) is 5.91 Å². The highest BCUT2D eigenvalue weighted by Crippen LogP contribution is 2.44. The predicted octanol–water partition coefficient (Wildman–Crippen LogP) is 6.62. The maximum atomic E-state index is 15.5. The highest BCUT2D eigenvalue weighted by Gasteiger charge is 2.36. The lowest BCUT2D eigenvalue weighted by molar-refractivity contribution is -0.137. The van der Waals surface area contributed by atoms with Crippen LogP contribution in [0.2, 0.25) is 0 Å². The van der Waals surface area contributed by atoms with Crippen LogP contribution in [-0.4, -0.2) is 53.0 Å². The molecule has 1 atom stereocenters. The maximum absolute atomic E-state index is 15.5. The van der Waals surface area contributed by atoms with Crippen molar-refractivity contribution in [2.75, 3.05) is 38.0 Å². The number of rotatable bonds is 4. The van der Waals surface area contributed by atoms with Gasteiger partial charge < -0.3 is 29.7 Å². The normalized spacial score (nSPS) is 15.4. The van der Waals surface area contributed by atoms with Crippen LogP contribution in [0.15, 0.2) is 48.9 Å². The number of benzene rings is 2. The summed E-state index contributed by atoms with van der Waals surface area (Å²) in [4.78, 5) is 20.8. The predicted molar refractivity (Wildman–Crippen MR) is 160 cm³/mol. The number of nitrogens with zero attached hydrogens (tertiary/aromatic N) is 4. The molecule has 2 aromatic heterocycles. The van der Waals surface area contributed by atoms with Gasteiger partial charge in [-0.15, -0.1) is 0 Å². The Bertz CT molecular complexity index is 1690. The Morgan fingerprint density at radius 2 is 2.00 bits per heavy atom. The van der Waals surface area contributed by atoms with Crippen LogP contribution in [-0.2, 0) is 27.9 Å². The fourth-order valence-electron chi connectivity index (χ4n) is 4.59. The van der Waals surface area contributed by atoms with E-state index in [-0.39, 0.29) is 22.8 Å². The number of carbonyl (C=O) groups is 1. The second kappa shape index (κ2) is 13.8. The first-order chi connectivity index (χ1) is 21.6. The number of hydrogen-bond acceptors (Lipinski definition) is 9. The van der Waals surface area contributed by atoms with Gasteiger partial charge in [0.2, 0.25) is 5.95 Å². The van der Waals surface area contributed by atoms with Gasteiger partial charge in [0.05, 0.1) is 43.5 Å². The van der Waals surface area contributed by atoms with E-state index >= 15 is 4.39 Å². The summed E-state index contributed by atoms with van der Waals surface area (Å²) in [6, 6.07) is 7.46. The minimum Gasteiger partial charge on any atom is -0.495 e. The van der Waals surface area contributed by atoms with Crippen molar-refractivity contribution in [2.24, 2.45) is 0 Å². The van der Waals surface area contributed by atoms with Crippen LogP contribution < -0.4 is 20.7 Å². The molecule has 1 unspecified atom stereocenters. The molecule has 0 radical (unpaired) electrons. The zero-order valence-electron chi connectivity index (χ0n) is 24.5. The molecule has 3 N–H and O–H groups in total. The molecule has 238 valence electrons. The van der Waals surface area contributed by atoms with Gasteiger partial charge in [-0.1, -0.05) is 6.07 Å². The first-order valence-electron chi connectivity index (χ1n) is 13.9. The summed E-state index contributed by atoms with van der Waals surface area (Å²) in [6.45, 7) is 3.18. The van der Waals surface area contributed by atoms with Crippen molar-refractivity contribution in [2.45, 2.75) is 32.2 Å². The number of hydrogen-bond donors (Lipinski definition) is 3. The van der Waals surface area contributed by atoms with E-state index in [0.717, 1.165) is 11.6 Å². The number of methoxy groups -OCH3 is 1. The van der Waals surface area contributed by atoms with Gasteiger partial charge in [0.1, 0.15) is 22.9 Å². The largest absolute Gasteiger partial charge is 0.495 e. The van der Waals surface area contributed by atoms with Crippen molar-refractivity contribution in [1.82, 2.24) is 25.1 Å². The Labute approximate surface area is 257 Å². The molecule has 0 spiro atoms. The highest BCUT2D eigenvalue weighted by molar-refractivity contribution is 7.46. The third-order valence-corrected chi connectivity index (χ3v) is 8.37. The number of nitrogens with one attached hydrogen (secondary N) is 3. The van der Waals surface area contributed by atoms with E-state index in [1.165, 1.54) is 26.4 Å². The zero-order chi connectivity index (χ0) is 32.1. The fourth-order valence-corrected chi connectivity index (χ4v) is 5.96. The third-order valence-electron chi connectivity index (χ3n) is 6.73. The molecular weight excluding hydrogens is 617 g/mol. The van der Waals surface area contributed by atoms with E-state index in [4.69, 9.17) is 13.8 Å². The van der Waals surface area contributed by atoms with E-state index in [1.807, 2.05) is 13.0 Å². The molecule has 2 aromatic carbocycles. The van der Waals surface area contributed by atoms with Crippen LogP contribution in [0.4, 0.5) is 40.7 Å².